The lowest BCUT2D eigenvalue weighted by molar-refractivity contribution is -0.0788. The molecule has 1 aliphatic carbocycles. The molecule has 4 nitrogen and oxygen atoms in total. The first-order valence-corrected chi connectivity index (χ1v) is 5.75. The van der Waals surface area contributed by atoms with Gasteiger partial charge in [0.15, 0.2) is 11.5 Å². The van der Waals surface area contributed by atoms with Crippen molar-refractivity contribution in [2.75, 3.05) is 14.2 Å². The third-order valence-electron chi connectivity index (χ3n) is 3.16. The minimum Gasteiger partial charge on any atom is -0.493 e. The summed E-state index contributed by atoms with van der Waals surface area (Å²) < 4.78 is 16.5. The van der Waals surface area contributed by atoms with E-state index in [9.17, 15) is 0 Å². The maximum Gasteiger partial charge on any atom is 0.161 e. The molecule has 17 heavy (non-hydrogen) atoms. The molecule has 2 N–H and O–H groups in total. The van der Waals surface area contributed by atoms with Crippen LogP contribution in [0.25, 0.3) is 0 Å². The lowest BCUT2D eigenvalue weighted by Gasteiger charge is -2.41. The van der Waals surface area contributed by atoms with Gasteiger partial charge < -0.3 is 19.9 Å². The van der Waals surface area contributed by atoms with Gasteiger partial charge in [-0.25, -0.2) is 0 Å². The zero-order chi connectivity index (χ0) is 12.4. The van der Waals surface area contributed by atoms with Gasteiger partial charge in [-0.2, -0.15) is 0 Å². The lowest BCUT2D eigenvalue weighted by Crippen LogP contribution is -2.59. The van der Waals surface area contributed by atoms with Crippen LogP contribution in [0.4, 0.5) is 0 Å². The molecule has 1 aromatic rings. The van der Waals surface area contributed by atoms with Gasteiger partial charge in [-0.3, -0.25) is 0 Å². The Kier molecular flexibility index (Phi) is 3.54. The molecular weight excluding hydrogens is 218 g/mol. The van der Waals surface area contributed by atoms with E-state index < -0.39 is 0 Å². The van der Waals surface area contributed by atoms with Gasteiger partial charge in [0.05, 0.1) is 7.11 Å². The Morgan fingerprint density at radius 3 is 2.59 bits per heavy atom. The Balaban J connectivity index is 2.09. The fraction of sp³-hybridized carbons (Fsp3) is 0.538. The Hall–Kier alpha value is -1.26. The third-order valence-corrected chi connectivity index (χ3v) is 3.16. The highest BCUT2D eigenvalue weighted by atomic mass is 16.6. The summed E-state index contributed by atoms with van der Waals surface area (Å²) in [6, 6.07) is 5.94. The number of hydrogen-bond donors (Lipinski definition) is 1. The highest BCUT2D eigenvalue weighted by Crippen LogP contribution is 2.33. The zero-order valence-corrected chi connectivity index (χ0v) is 10.5. The van der Waals surface area contributed by atoms with Crippen molar-refractivity contribution in [3.05, 3.63) is 23.8 Å². The average Bonchev–Trinajstić information content (AvgIpc) is 2.30. The van der Waals surface area contributed by atoms with E-state index in [2.05, 4.69) is 0 Å². The molecule has 0 aromatic heterocycles. The molecule has 0 spiro atoms. The van der Waals surface area contributed by atoms with Crippen molar-refractivity contribution < 1.29 is 14.2 Å². The van der Waals surface area contributed by atoms with Crippen LogP contribution in [0.5, 0.6) is 11.5 Å². The third kappa shape index (κ3) is 2.37. The van der Waals surface area contributed by atoms with Crippen LogP contribution < -0.4 is 15.2 Å². The molecule has 0 radical (unpaired) electrons. The van der Waals surface area contributed by atoms with E-state index in [4.69, 9.17) is 19.9 Å². The van der Waals surface area contributed by atoms with E-state index >= 15 is 0 Å². The first-order valence-electron chi connectivity index (χ1n) is 5.75. The summed E-state index contributed by atoms with van der Waals surface area (Å²) in [7, 11) is 3.30. The number of methoxy groups -OCH3 is 2. The van der Waals surface area contributed by atoms with Crippen LogP contribution in [0.3, 0.4) is 0 Å². The quantitative estimate of drug-likeness (QED) is 0.862. The van der Waals surface area contributed by atoms with Crippen molar-refractivity contribution in [2.24, 2.45) is 5.73 Å². The molecule has 3 atom stereocenters. The van der Waals surface area contributed by atoms with E-state index in [-0.39, 0.29) is 18.2 Å². The molecule has 2 rings (SSSR count). The van der Waals surface area contributed by atoms with E-state index in [1.807, 2.05) is 25.1 Å². The minimum absolute atomic E-state index is 0.0200. The highest BCUT2D eigenvalue weighted by Gasteiger charge is 2.41. The monoisotopic (exact) mass is 237 g/mol. The van der Waals surface area contributed by atoms with Crippen molar-refractivity contribution in [3.63, 3.8) is 0 Å². The van der Waals surface area contributed by atoms with Crippen LogP contribution in [0.15, 0.2) is 18.2 Å². The van der Waals surface area contributed by atoms with Gasteiger partial charge in [0.25, 0.3) is 0 Å². The van der Waals surface area contributed by atoms with Crippen LogP contribution in [0, 0.1) is 6.92 Å². The molecule has 3 unspecified atom stereocenters. The molecule has 0 amide bonds. The Bertz CT molecular complexity index is 394. The summed E-state index contributed by atoms with van der Waals surface area (Å²) in [6.45, 7) is 2.02. The lowest BCUT2D eigenvalue weighted by atomic mass is 9.86. The summed E-state index contributed by atoms with van der Waals surface area (Å²) in [4.78, 5) is 0. The number of hydrogen-bond acceptors (Lipinski definition) is 4. The second-order valence-corrected chi connectivity index (χ2v) is 4.41. The molecule has 1 saturated carbocycles. The molecule has 1 fully saturated rings. The van der Waals surface area contributed by atoms with E-state index in [1.54, 1.807) is 14.2 Å². The van der Waals surface area contributed by atoms with Crippen molar-refractivity contribution >= 4 is 0 Å². The number of aryl methyl sites for hydroxylation is 1. The summed E-state index contributed by atoms with van der Waals surface area (Å²) in [6.07, 6.45) is 0.808. The predicted molar refractivity (Wildman–Crippen MR) is 65.5 cm³/mol. The summed E-state index contributed by atoms with van der Waals surface area (Å²) >= 11 is 0. The van der Waals surface area contributed by atoms with Crippen molar-refractivity contribution in [3.8, 4) is 11.5 Å². The molecule has 0 aliphatic heterocycles. The smallest absolute Gasteiger partial charge is 0.161 e. The van der Waals surface area contributed by atoms with Gasteiger partial charge in [-0.05, 0) is 24.6 Å². The molecule has 0 heterocycles. The topological polar surface area (TPSA) is 53.7 Å². The van der Waals surface area contributed by atoms with Crippen LogP contribution in [0.1, 0.15) is 12.0 Å². The van der Waals surface area contributed by atoms with Gasteiger partial charge in [0, 0.05) is 19.6 Å². The number of ether oxygens (including phenoxy) is 3. The van der Waals surface area contributed by atoms with Crippen LogP contribution in [-0.2, 0) is 4.74 Å². The minimum atomic E-state index is -0.0268. The van der Waals surface area contributed by atoms with Crippen molar-refractivity contribution in [1.82, 2.24) is 0 Å². The van der Waals surface area contributed by atoms with Crippen LogP contribution in [-0.4, -0.2) is 32.5 Å². The van der Waals surface area contributed by atoms with E-state index in [0.29, 0.717) is 0 Å². The molecule has 94 valence electrons. The van der Waals surface area contributed by atoms with Gasteiger partial charge in [-0.15, -0.1) is 0 Å². The Morgan fingerprint density at radius 2 is 2.00 bits per heavy atom. The van der Waals surface area contributed by atoms with Gasteiger partial charge in [0.1, 0.15) is 12.2 Å². The van der Waals surface area contributed by atoms with Gasteiger partial charge in [-0.1, -0.05) is 6.07 Å². The molecule has 1 aliphatic rings. The van der Waals surface area contributed by atoms with Gasteiger partial charge >= 0.3 is 0 Å². The number of rotatable bonds is 4. The van der Waals surface area contributed by atoms with Gasteiger partial charge in [0.2, 0.25) is 0 Å². The van der Waals surface area contributed by atoms with E-state index in [1.165, 1.54) is 0 Å². The molecule has 0 saturated heterocycles. The standard InChI is InChI=1S/C13H19NO3/c1-8-4-5-10(11(6-8)15-2)17-12-7-9(14)13(12)16-3/h4-6,9,12-13H,7,14H2,1-3H3. The summed E-state index contributed by atoms with van der Waals surface area (Å²) in [5.41, 5.74) is 6.98. The van der Waals surface area contributed by atoms with E-state index in [0.717, 1.165) is 23.5 Å². The van der Waals surface area contributed by atoms with Crippen LogP contribution in [0.2, 0.25) is 0 Å². The largest absolute Gasteiger partial charge is 0.493 e. The normalized spacial score (nSPS) is 27.4. The summed E-state index contributed by atoms with van der Waals surface area (Å²) in [5, 5.41) is 0. The predicted octanol–water partition coefficient (Wildman–Crippen LogP) is 1.50. The molecular formula is C13H19NO3. The highest BCUT2D eigenvalue weighted by molar-refractivity contribution is 5.42. The fourth-order valence-electron chi connectivity index (χ4n) is 2.09. The second kappa shape index (κ2) is 4.94. The zero-order valence-electron chi connectivity index (χ0n) is 10.5. The average molecular weight is 237 g/mol. The maximum absolute atomic E-state index is 5.87. The maximum atomic E-state index is 5.87. The molecule has 1 aromatic carbocycles. The number of benzene rings is 1. The van der Waals surface area contributed by atoms with Crippen molar-refractivity contribution in [1.29, 1.82) is 0 Å². The number of nitrogens with two attached hydrogens (primary N) is 1. The SMILES string of the molecule is COc1cc(C)ccc1OC1CC(N)C1OC. The molecule has 0 bridgehead atoms. The first-order chi connectivity index (χ1) is 8.15. The molecule has 4 heteroatoms. The Labute approximate surface area is 102 Å². The fourth-order valence-corrected chi connectivity index (χ4v) is 2.09. The first kappa shape index (κ1) is 12.2. The van der Waals surface area contributed by atoms with Crippen LogP contribution >= 0.6 is 0 Å². The van der Waals surface area contributed by atoms with Crippen molar-refractivity contribution in [2.45, 2.75) is 31.6 Å². The summed E-state index contributed by atoms with van der Waals surface area (Å²) in [5.74, 6) is 1.50. The Morgan fingerprint density at radius 1 is 1.24 bits per heavy atom. The second-order valence-electron chi connectivity index (χ2n) is 4.41.